The highest BCUT2D eigenvalue weighted by Crippen LogP contribution is 2.43. The maximum atomic E-state index is 15.2. The summed E-state index contributed by atoms with van der Waals surface area (Å²) in [6.07, 6.45) is 6.33. The van der Waals surface area contributed by atoms with E-state index in [2.05, 4.69) is 10.3 Å². The van der Waals surface area contributed by atoms with Gasteiger partial charge >= 0.3 is 5.97 Å². The van der Waals surface area contributed by atoms with Crippen molar-refractivity contribution in [2.24, 2.45) is 0 Å². The second-order valence-electron chi connectivity index (χ2n) is 7.78. The van der Waals surface area contributed by atoms with Crippen molar-refractivity contribution in [2.45, 2.75) is 31.8 Å². The Balaban J connectivity index is 1.61. The minimum Gasteiger partial charge on any atom is -0.487 e. The van der Waals surface area contributed by atoms with Crippen molar-refractivity contribution in [1.82, 2.24) is 19.6 Å². The molecule has 0 amide bonds. The van der Waals surface area contributed by atoms with Crippen LogP contribution in [0.1, 0.15) is 42.2 Å². The molecule has 2 aliphatic rings. The Kier molecular flexibility index (Phi) is 4.23. The number of hydrogen-bond donors (Lipinski definition) is 1. The fraction of sp³-hybridized carbons (Fsp3) is 0.400. The second-order valence-corrected chi connectivity index (χ2v) is 7.78. The Morgan fingerprint density at radius 1 is 1.33 bits per heavy atom. The molecule has 1 N–H and O–H groups in total. The summed E-state index contributed by atoms with van der Waals surface area (Å²) >= 11 is 0. The van der Waals surface area contributed by atoms with E-state index in [1.807, 2.05) is 22.7 Å². The summed E-state index contributed by atoms with van der Waals surface area (Å²) in [6, 6.07) is 1.15. The summed E-state index contributed by atoms with van der Waals surface area (Å²) in [6.45, 7) is 3.31. The average Bonchev–Trinajstić information content (AvgIpc) is 3.27. The van der Waals surface area contributed by atoms with E-state index in [-0.39, 0.29) is 29.6 Å². The molecule has 2 aliphatic heterocycles. The predicted octanol–water partition coefficient (Wildman–Crippen LogP) is 2.23. The van der Waals surface area contributed by atoms with Crippen molar-refractivity contribution in [2.75, 3.05) is 24.6 Å². The SMILES string of the molecule is C[C@H]1COc2c(N3CCC(n4ccnn4)CC3)c(F)cc3c(=O)c(C(=O)O)cn1c23. The highest BCUT2D eigenvalue weighted by Gasteiger charge is 2.32. The van der Waals surface area contributed by atoms with Crippen molar-refractivity contribution in [3.63, 3.8) is 0 Å². The Bertz CT molecular complexity index is 1200. The molecule has 1 saturated heterocycles. The standard InChI is InChI=1S/C20H20FN5O4/c1-11-10-30-19-16-13(18(27)14(20(28)29)9-25(11)16)8-15(21)17(19)24-5-2-12(3-6-24)26-7-4-22-23-26/h4,7-9,11-12H,2-3,5-6,10H2,1H3,(H,28,29)/t11-/m0/s1. The van der Waals surface area contributed by atoms with Crippen LogP contribution >= 0.6 is 0 Å². The number of anilines is 1. The number of piperidine rings is 1. The largest absolute Gasteiger partial charge is 0.487 e. The fourth-order valence-electron chi connectivity index (χ4n) is 4.42. The molecule has 0 spiro atoms. The third kappa shape index (κ3) is 2.74. The summed E-state index contributed by atoms with van der Waals surface area (Å²) in [5.74, 6) is -1.61. The molecule has 30 heavy (non-hydrogen) atoms. The molecule has 9 nitrogen and oxygen atoms in total. The second kappa shape index (κ2) is 6.82. The van der Waals surface area contributed by atoms with Crippen LogP contribution in [-0.4, -0.2) is 50.3 Å². The van der Waals surface area contributed by atoms with Crippen LogP contribution < -0.4 is 15.1 Å². The van der Waals surface area contributed by atoms with Crippen LogP contribution in [-0.2, 0) is 0 Å². The fourth-order valence-corrected chi connectivity index (χ4v) is 4.42. The number of carbonyl (C=O) groups is 1. The van der Waals surface area contributed by atoms with Gasteiger partial charge in [-0.15, -0.1) is 5.10 Å². The van der Waals surface area contributed by atoms with Crippen LogP contribution in [0.4, 0.5) is 10.1 Å². The normalized spacial score (nSPS) is 19.1. The quantitative estimate of drug-likeness (QED) is 0.702. The molecule has 3 aromatic rings. The van der Waals surface area contributed by atoms with Gasteiger partial charge in [-0.05, 0) is 25.8 Å². The first-order chi connectivity index (χ1) is 14.5. The number of aromatic nitrogens is 4. The maximum Gasteiger partial charge on any atom is 0.341 e. The number of carboxylic acids is 1. The van der Waals surface area contributed by atoms with Crippen LogP contribution in [0.15, 0.2) is 29.5 Å². The maximum absolute atomic E-state index is 15.2. The molecule has 0 saturated carbocycles. The van der Waals surface area contributed by atoms with E-state index in [1.165, 1.54) is 6.20 Å². The molecule has 4 heterocycles. The van der Waals surface area contributed by atoms with Crippen molar-refractivity contribution < 1.29 is 19.0 Å². The molecule has 0 unspecified atom stereocenters. The summed E-state index contributed by atoms with van der Waals surface area (Å²) in [4.78, 5) is 26.1. The van der Waals surface area contributed by atoms with Crippen LogP contribution in [0.5, 0.6) is 5.75 Å². The zero-order valence-corrected chi connectivity index (χ0v) is 16.3. The first-order valence-corrected chi connectivity index (χ1v) is 9.84. The molecule has 1 aromatic carbocycles. The van der Waals surface area contributed by atoms with Gasteiger partial charge < -0.3 is 19.3 Å². The minimum atomic E-state index is -1.33. The molecule has 0 bridgehead atoms. The monoisotopic (exact) mass is 413 g/mol. The number of pyridine rings is 1. The van der Waals surface area contributed by atoms with Crippen molar-refractivity contribution in [3.8, 4) is 5.75 Å². The first kappa shape index (κ1) is 18.6. The summed E-state index contributed by atoms with van der Waals surface area (Å²) < 4.78 is 24.7. The molecule has 1 fully saturated rings. The summed E-state index contributed by atoms with van der Waals surface area (Å²) in [5, 5.41) is 17.3. The third-order valence-electron chi connectivity index (χ3n) is 5.97. The van der Waals surface area contributed by atoms with E-state index >= 15 is 4.39 Å². The summed E-state index contributed by atoms with van der Waals surface area (Å²) in [7, 11) is 0. The number of rotatable bonds is 3. The summed E-state index contributed by atoms with van der Waals surface area (Å²) in [5.41, 5.74) is -0.313. The van der Waals surface area contributed by atoms with Crippen molar-refractivity contribution >= 4 is 22.6 Å². The lowest BCUT2D eigenvalue weighted by Crippen LogP contribution is -2.36. The van der Waals surface area contributed by atoms with Crippen molar-refractivity contribution in [3.05, 3.63) is 46.3 Å². The van der Waals surface area contributed by atoms with Gasteiger partial charge in [0.1, 0.15) is 17.9 Å². The molecular weight excluding hydrogens is 393 g/mol. The smallest absolute Gasteiger partial charge is 0.341 e. The molecule has 0 aliphatic carbocycles. The van der Waals surface area contributed by atoms with Crippen LogP contribution in [0, 0.1) is 5.82 Å². The lowest BCUT2D eigenvalue weighted by atomic mass is 10.0. The van der Waals surface area contributed by atoms with Gasteiger partial charge in [0, 0.05) is 25.5 Å². The molecule has 1 atom stereocenters. The zero-order chi connectivity index (χ0) is 21.0. The number of benzene rings is 1. The lowest BCUT2D eigenvalue weighted by Gasteiger charge is -2.36. The molecule has 156 valence electrons. The van der Waals surface area contributed by atoms with Gasteiger partial charge in [0.05, 0.1) is 29.2 Å². The number of aromatic carboxylic acids is 1. The molecule has 0 radical (unpaired) electrons. The van der Waals surface area contributed by atoms with Gasteiger partial charge in [0.2, 0.25) is 5.43 Å². The molecule has 10 heteroatoms. The number of hydrogen-bond acceptors (Lipinski definition) is 6. The lowest BCUT2D eigenvalue weighted by molar-refractivity contribution is 0.0694. The van der Waals surface area contributed by atoms with Gasteiger partial charge in [-0.3, -0.25) is 4.79 Å². The van der Waals surface area contributed by atoms with Crippen LogP contribution in [0.2, 0.25) is 0 Å². The van der Waals surface area contributed by atoms with E-state index in [0.717, 1.165) is 18.9 Å². The Labute approximate surface area is 170 Å². The van der Waals surface area contributed by atoms with Gasteiger partial charge in [0.25, 0.3) is 0 Å². The zero-order valence-electron chi connectivity index (χ0n) is 16.3. The van der Waals surface area contributed by atoms with E-state index in [9.17, 15) is 14.7 Å². The Morgan fingerprint density at radius 2 is 2.10 bits per heavy atom. The predicted molar refractivity (Wildman–Crippen MR) is 106 cm³/mol. The van der Waals surface area contributed by atoms with E-state index in [0.29, 0.717) is 30.0 Å². The number of nitrogens with zero attached hydrogens (tertiary/aromatic N) is 5. The number of halogens is 1. The first-order valence-electron chi connectivity index (χ1n) is 9.84. The van der Waals surface area contributed by atoms with E-state index in [4.69, 9.17) is 4.74 Å². The van der Waals surface area contributed by atoms with Crippen LogP contribution in [0.3, 0.4) is 0 Å². The van der Waals surface area contributed by atoms with Gasteiger partial charge in [-0.1, -0.05) is 5.21 Å². The van der Waals surface area contributed by atoms with Gasteiger partial charge in [0.15, 0.2) is 11.6 Å². The highest BCUT2D eigenvalue weighted by molar-refractivity contribution is 5.97. The average molecular weight is 413 g/mol. The molecule has 5 rings (SSSR count). The van der Waals surface area contributed by atoms with Crippen LogP contribution in [0.25, 0.3) is 10.9 Å². The van der Waals surface area contributed by atoms with E-state index < -0.39 is 17.2 Å². The number of carboxylic acid groups (broad SMARTS) is 1. The third-order valence-corrected chi connectivity index (χ3v) is 5.97. The Hall–Kier alpha value is -3.43. The van der Waals surface area contributed by atoms with Gasteiger partial charge in [-0.25, -0.2) is 13.9 Å². The Morgan fingerprint density at radius 3 is 2.77 bits per heavy atom. The molecule has 2 aromatic heterocycles. The minimum absolute atomic E-state index is 0.0233. The molecular formula is C20H20FN5O4. The highest BCUT2D eigenvalue weighted by atomic mass is 19.1. The van der Waals surface area contributed by atoms with Gasteiger partial charge in [-0.2, -0.15) is 0 Å². The number of ether oxygens (including phenoxy) is 1. The van der Waals surface area contributed by atoms with E-state index in [1.54, 1.807) is 10.8 Å². The van der Waals surface area contributed by atoms with Crippen molar-refractivity contribution in [1.29, 1.82) is 0 Å². The topological polar surface area (TPSA) is 102 Å².